The van der Waals surface area contributed by atoms with Gasteiger partial charge in [-0.15, -0.1) is 0 Å². The molecule has 0 bridgehead atoms. The molecular weight excluding hydrogens is 306 g/mol. The molecule has 0 amide bonds. The van der Waals surface area contributed by atoms with Crippen LogP contribution in [0.25, 0.3) is 0 Å². The molecule has 3 nitrogen and oxygen atoms in total. The van der Waals surface area contributed by atoms with E-state index in [0.717, 1.165) is 39.9 Å². The predicted molar refractivity (Wildman–Crippen MR) is 80.9 cm³/mol. The fourth-order valence-electron chi connectivity index (χ4n) is 2.97. The van der Waals surface area contributed by atoms with Crippen LogP contribution in [0, 0.1) is 6.92 Å². The Morgan fingerprint density at radius 3 is 2.21 bits per heavy atom. The second kappa shape index (κ2) is 5.71. The highest BCUT2D eigenvalue weighted by molar-refractivity contribution is 9.10. The Morgan fingerprint density at radius 2 is 1.68 bits per heavy atom. The second-order valence-corrected chi connectivity index (χ2v) is 6.17. The van der Waals surface area contributed by atoms with E-state index in [4.69, 9.17) is 15.2 Å². The Morgan fingerprint density at radius 1 is 1.11 bits per heavy atom. The summed E-state index contributed by atoms with van der Waals surface area (Å²) in [7, 11) is 3.35. The van der Waals surface area contributed by atoms with E-state index in [1.54, 1.807) is 14.2 Å². The minimum absolute atomic E-state index is 0.299. The topological polar surface area (TPSA) is 44.5 Å². The SMILES string of the molecule is COc1c(C2(N)CCCCC2)cc(Br)c(C)c1OC. The van der Waals surface area contributed by atoms with Gasteiger partial charge in [0, 0.05) is 21.1 Å². The van der Waals surface area contributed by atoms with Gasteiger partial charge in [0.2, 0.25) is 0 Å². The van der Waals surface area contributed by atoms with Gasteiger partial charge < -0.3 is 15.2 Å². The van der Waals surface area contributed by atoms with E-state index in [2.05, 4.69) is 22.0 Å². The summed E-state index contributed by atoms with van der Waals surface area (Å²) in [5, 5.41) is 0. The van der Waals surface area contributed by atoms with Gasteiger partial charge in [-0.25, -0.2) is 0 Å². The van der Waals surface area contributed by atoms with Crippen molar-refractivity contribution in [2.24, 2.45) is 5.73 Å². The zero-order chi connectivity index (χ0) is 14.0. The van der Waals surface area contributed by atoms with Crippen LogP contribution in [0.15, 0.2) is 10.5 Å². The summed E-state index contributed by atoms with van der Waals surface area (Å²) in [6.45, 7) is 2.01. The molecule has 106 valence electrons. The lowest BCUT2D eigenvalue weighted by atomic mass is 9.77. The Bertz CT molecular complexity index is 468. The quantitative estimate of drug-likeness (QED) is 0.915. The monoisotopic (exact) mass is 327 g/mol. The minimum Gasteiger partial charge on any atom is -0.493 e. The summed E-state index contributed by atoms with van der Waals surface area (Å²) in [6, 6.07) is 2.10. The molecule has 0 saturated heterocycles. The maximum Gasteiger partial charge on any atom is 0.166 e. The van der Waals surface area contributed by atoms with Gasteiger partial charge in [-0.1, -0.05) is 35.2 Å². The molecule has 19 heavy (non-hydrogen) atoms. The zero-order valence-electron chi connectivity index (χ0n) is 11.9. The lowest BCUT2D eigenvalue weighted by Crippen LogP contribution is -2.39. The molecular formula is C15H22BrNO2. The number of hydrogen-bond donors (Lipinski definition) is 1. The predicted octanol–water partition coefficient (Wildman–Crippen LogP) is 3.89. The summed E-state index contributed by atoms with van der Waals surface area (Å²) < 4.78 is 12.1. The fourth-order valence-corrected chi connectivity index (χ4v) is 3.38. The first-order chi connectivity index (χ1) is 9.03. The molecule has 0 heterocycles. The Labute approximate surface area is 123 Å². The molecule has 0 aliphatic heterocycles. The molecule has 0 aromatic heterocycles. The van der Waals surface area contributed by atoms with Gasteiger partial charge >= 0.3 is 0 Å². The molecule has 0 spiro atoms. The molecule has 0 radical (unpaired) electrons. The van der Waals surface area contributed by atoms with Crippen LogP contribution < -0.4 is 15.2 Å². The van der Waals surface area contributed by atoms with E-state index >= 15 is 0 Å². The van der Waals surface area contributed by atoms with Crippen molar-refractivity contribution in [3.8, 4) is 11.5 Å². The normalized spacial score (nSPS) is 18.2. The van der Waals surface area contributed by atoms with E-state index in [1.165, 1.54) is 19.3 Å². The average Bonchev–Trinajstić information content (AvgIpc) is 2.41. The molecule has 0 atom stereocenters. The Kier molecular flexibility index (Phi) is 4.41. The Balaban J connectivity index is 2.58. The van der Waals surface area contributed by atoms with Crippen LogP contribution in [-0.2, 0) is 5.54 Å². The molecule has 1 aromatic rings. The van der Waals surface area contributed by atoms with Gasteiger partial charge in [0.25, 0.3) is 0 Å². The smallest absolute Gasteiger partial charge is 0.166 e. The molecule has 2 N–H and O–H groups in total. The van der Waals surface area contributed by atoms with Crippen LogP contribution in [0.4, 0.5) is 0 Å². The zero-order valence-corrected chi connectivity index (χ0v) is 13.5. The summed E-state index contributed by atoms with van der Waals surface area (Å²) in [4.78, 5) is 0. The van der Waals surface area contributed by atoms with E-state index in [9.17, 15) is 0 Å². The van der Waals surface area contributed by atoms with Crippen LogP contribution in [0.1, 0.15) is 43.2 Å². The lowest BCUT2D eigenvalue weighted by Gasteiger charge is -2.35. The maximum absolute atomic E-state index is 6.64. The number of rotatable bonds is 3. The molecule has 4 heteroatoms. The fraction of sp³-hybridized carbons (Fsp3) is 0.600. The second-order valence-electron chi connectivity index (χ2n) is 5.31. The molecule has 1 aliphatic rings. The van der Waals surface area contributed by atoms with Crippen LogP contribution in [0.3, 0.4) is 0 Å². The first kappa shape index (κ1) is 14.7. The van der Waals surface area contributed by atoms with Crippen LogP contribution in [-0.4, -0.2) is 14.2 Å². The van der Waals surface area contributed by atoms with Gasteiger partial charge in [-0.2, -0.15) is 0 Å². The third-order valence-electron chi connectivity index (χ3n) is 4.11. The highest BCUT2D eigenvalue weighted by Crippen LogP contribution is 2.46. The van der Waals surface area contributed by atoms with Crippen LogP contribution in [0.5, 0.6) is 11.5 Å². The third-order valence-corrected chi connectivity index (χ3v) is 4.93. The maximum atomic E-state index is 6.64. The molecule has 1 saturated carbocycles. The number of halogens is 1. The van der Waals surface area contributed by atoms with Crippen molar-refractivity contribution in [1.82, 2.24) is 0 Å². The van der Waals surface area contributed by atoms with Crippen LogP contribution in [0.2, 0.25) is 0 Å². The van der Waals surface area contributed by atoms with Gasteiger partial charge in [0.15, 0.2) is 11.5 Å². The number of nitrogens with two attached hydrogens (primary N) is 1. The lowest BCUT2D eigenvalue weighted by molar-refractivity contribution is 0.281. The van der Waals surface area contributed by atoms with E-state index < -0.39 is 0 Å². The van der Waals surface area contributed by atoms with Crippen molar-refractivity contribution >= 4 is 15.9 Å². The third kappa shape index (κ3) is 2.61. The van der Waals surface area contributed by atoms with Crippen molar-refractivity contribution in [2.45, 2.75) is 44.6 Å². The van der Waals surface area contributed by atoms with E-state index in [0.29, 0.717) is 0 Å². The summed E-state index contributed by atoms with van der Waals surface area (Å²) >= 11 is 3.60. The molecule has 1 fully saturated rings. The molecule has 0 unspecified atom stereocenters. The Hall–Kier alpha value is -0.740. The summed E-state index contributed by atoms with van der Waals surface area (Å²) in [6.07, 6.45) is 5.62. The number of ether oxygens (including phenoxy) is 2. The number of benzene rings is 1. The summed E-state index contributed by atoms with van der Waals surface area (Å²) in [5.74, 6) is 1.56. The number of hydrogen-bond acceptors (Lipinski definition) is 3. The average molecular weight is 328 g/mol. The summed E-state index contributed by atoms with van der Waals surface area (Å²) in [5.41, 5.74) is 8.45. The van der Waals surface area contributed by atoms with Gasteiger partial charge in [-0.3, -0.25) is 0 Å². The largest absolute Gasteiger partial charge is 0.493 e. The van der Waals surface area contributed by atoms with Gasteiger partial charge in [0.05, 0.1) is 14.2 Å². The minimum atomic E-state index is -0.299. The molecule has 1 aliphatic carbocycles. The van der Waals surface area contributed by atoms with E-state index in [1.807, 2.05) is 6.92 Å². The molecule has 1 aromatic carbocycles. The van der Waals surface area contributed by atoms with Crippen molar-refractivity contribution in [3.63, 3.8) is 0 Å². The highest BCUT2D eigenvalue weighted by atomic mass is 79.9. The first-order valence-corrected chi connectivity index (χ1v) is 7.53. The van der Waals surface area contributed by atoms with Gasteiger partial charge in [0.1, 0.15) is 0 Å². The van der Waals surface area contributed by atoms with Crippen LogP contribution >= 0.6 is 15.9 Å². The molecule has 2 rings (SSSR count). The van der Waals surface area contributed by atoms with Gasteiger partial charge in [-0.05, 0) is 25.8 Å². The van der Waals surface area contributed by atoms with Crippen molar-refractivity contribution in [2.75, 3.05) is 14.2 Å². The van der Waals surface area contributed by atoms with E-state index in [-0.39, 0.29) is 5.54 Å². The van der Waals surface area contributed by atoms with Crippen molar-refractivity contribution < 1.29 is 9.47 Å². The first-order valence-electron chi connectivity index (χ1n) is 6.74. The van der Waals surface area contributed by atoms with Crippen molar-refractivity contribution in [3.05, 3.63) is 21.7 Å². The highest BCUT2D eigenvalue weighted by Gasteiger charge is 2.34. The number of methoxy groups -OCH3 is 2. The van der Waals surface area contributed by atoms with Crippen molar-refractivity contribution in [1.29, 1.82) is 0 Å². The standard InChI is InChI=1S/C15H22BrNO2/c1-10-12(16)9-11(14(19-3)13(10)18-2)15(17)7-5-4-6-8-15/h9H,4-8,17H2,1-3H3.